The van der Waals surface area contributed by atoms with Crippen LogP contribution in [0.15, 0.2) is 0 Å². The molecule has 4 nitrogen and oxygen atoms in total. The molecule has 0 bridgehead atoms. The van der Waals surface area contributed by atoms with Gasteiger partial charge in [0.25, 0.3) is 0 Å². The highest BCUT2D eigenvalue weighted by Gasteiger charge is 2.32. The van der Waals surface area contributed by atoms with Crippen LogP contribution in [0.1, 0.15) is 6.92 Å². The molecule has 1 aliphatic rings. The van der Waals surface area contributed by atoms with Crippen LogP contribution in [-0.4, -0.2) is 31.3 Å². The minimum absolute atomic E-state index is 0.335. The van der Waals surface area contributed by atoms with Crippen molar-refractivity contribution >= 4 is 5.97 Å². The van der Waals surface area contributed by atoms with E-state index in [-0.39, 0.29) is 0 Å². The highest BCUT2D eigenvalue weighted by Crippen LogP contribution is 2.10. The first-order chi connectivity index (χ1) is 5.66. The minimum atomic E-state index is -0.632. The van der Waals surface area contributed by atoms with Crippen molar-refractivity contribution in [2.45, 2.75) is 12.5 Å². The number of carbonyl (C=O) groups excluding carboxylic acids is 1. The third-order valence-electron chi connectivity index (χ3n) is 1.41. The normalized spacial score (nSPS) is 18.5. The zero-order valence-corrected chi connectivity index (χ0v) is 6.92. The van der Waals surface area contributed by atoms with Gasteiger partial charge in [-0.15, -0.1) is 0 Å². The van der Waals surface area contributed by atoms with E-state index in [4.69, 9.17) is 10.5 Å². The molecular weight excluding hydrogens is 158 g/mol. The highest BCUT2D eigenvalue weighted by molar-refractivity contribution is 5.88. The summed E-state index contributed by atoms with van der Waals surface area (Å²) in [5.41, 5.74) is 5.01. The quantitative estimate of drug-likeness (QED) is 0.320. The van der Waals surface area contributed by atoms with E-state index in [0.717, 1.165) is 0 Å². The lowest BCUT2D eigenvalue weighted by atomic mass is 10.0. The summed E-state index contributed by atoms with van der Waals surface area (Å²) >= 11 is 0. The summed E-state index contributed by atoms with van der Waals surface area (Å²) in [5, 5.41) is 0. The predicted molar refractivity (Wildman–Crippen MR) is 42.1 cm³/mol. The number of nitrogens with two attached hydrogens (primary N) is 1. The summed E-state index contributed by atoms with van der Waals surface area (Å²) < 4.78 is 9.45. The molecular formula is C8H11NO3. The third kappa shape index (κ3) is 2.22. The lowest BCUT2D eigenvalue weighted by Gasteiger charge is -2.32. The average molecular weight is 169 g/mol. The molecule has 1 heterocycles. The highest BCUT2D eigenvalue weighted by atomic mass is 16.5. The average Bonchev–Trinajstić information content (AvgIpc) is 1.98. The van der Waals surface area contributed by atoms with Gasteiger partial charge in [-0.25, -0.2) is 4.79 Å². The molecule has 4 heteroatoms. The Kier molecular flexibility index (Phi) is 2.69. The van der Waals surface area contributed by atoms with E-state index in [2.05, 4.69) is 16.6 Å². The number of ether oxygens (including phenoxy) is 2. The fourth-order valence-electron chi connectivity index (χ4n) is 0.737. The first-order valence-corrected chi connectivity index (χ1v) is 3.73. The van der Waals surface area contributed by atoms with Crippen molar-refractivity contribution in [3.05, 3.63) is 0 Å². The summed E-state index contributed by atoms with van der Waals surface area (Å²) in [4.78, 5) is 10.7. The number of hydrogen-bond donors (Lipinski definition) is 1. The molecule has 0 saturated carbocycles. The van der Waals surface area contributed by atoms with Gasteiger partial charge in [0.05, 0.1) is 19.8 Å². The smallest absolute Gasteiger partial charge is 0.384 e. The Morgan fingerprint density at radius 3 is 2.83 bits per heavy atom. The topological polar surface area (TPSA) is 61.5 Å². The van der Waals surface area contributed by atoms with Crippen LogP contribution in [0.25, 0.3) is 0 Å². The van der Waals surface area contributed by atoms with Gasteiger partial charge in [-0.1, -0.05) is 5.92 Å². The van der Waals surface area contributed by atoms with Crippen molar-refractivity contribution in [1.29, 1.82) is 0 Å². The van der Waals surface area contributed by atoms with Crippen molar-refractivity contribution in [3.8, 4) is 11.8 Å². The van der Waals surface area contributed by atoms with Gasteiger partial charge in [0, 0.05) is 5.92 Å². The fraction of sp³-hybridized carbons (Fsp3) is 0.625. The molecule has 0 aromatic heterocycles. The van der Waals surface area contributed by atoms with Gasteiger partial charge >= 0.3 is 5.97 Å². The fourth-order valence-corrected chi connectivity index (χ4v) is 0.737. The van der Waals surface area contributed by atoms with Crippen molar-refractivity contribution in [2.24, 2.45) is 5.73 Å². The maximum absolute atomic E-state index is 10.7. The Hall–Kier alpha value is -1.05. The molecule has 1 fully saturated rings. The van der Waals surface area contributed by atoms with Gasteiger partial charge in [0.15, 0.2) is 0 Å². The Labute approximate surface area is 71.0 Å². The van der Waals surface area contributed by atoms with E-state index in [1.165, 1.54) is 0 Å². The van der Waals surface area contributed by atoms with E-state index < -0.39 is 11.5 Å². The molecule has 0 aromatic rings. The lowest BCUT2D eigenvalue weighted by molar-refractivity contribution is -0.136. The van der Waals surface area contributed by atoms with Crippen LogP contribution in [-0.2, 0) is 14.3 Å². The molecule has 0 aliphatic carbocycles. The molecule has 0 spiro atoms. The summed E-state index contributed by atoms with van der Waals surface area (Å²) in [6.45, 7) is 2.84. The Bertz CT molecular complexity index is 234. The summed E-state index contributed by atoms with van der Waals surface area (Å²) in [6.07, 6.45) is 0. The van der Waals surface area contributed by atoms with E-state index in [1.807, 2.05) is 0 Å². The largest absolute Gasteiger partial charge is 0.456 e. The monoisotopic (exact) mass is 169 g/mol. The van der Waals surface area contributed by atoms with E-state index in [1.54, 1.807) is 6.92 Å². The summed E-state index contributed by atoms with van der Waals surface area (Å²) in [7, 11) is 0. The number of carbonyl (C=O) groups is 1. The van der Waals surface area contributed by atoms with E-state index >= 15 is 0 Å². The van der Waals surface area contributed by atoms with Crippen LogP contribution in [0, 0.1) is 11.8 Å². The molecule has 0 atom stereocenters. The minimum Gasteiger partial charge on any atom is -0.456 e. The number of esters is 1. The predicted octanol–water partition coefficient (Wildman–Crippen LogP) is -0.719. The van der Waals surface area contributed by atoms with Crippen molar-refractivity contribution < 1.29 is 14.3 Å². The first kappa shape index (κ1) is 9.04. The second-order valence-corrected chi connectivity index (χ2v) is 2.62. The SMILES string of the molecule is CCOC(=O)C#CC1(N)COC1. The Morgan fingerprint density at radius 2 is 2.42 bits per heavy atom. The van der Waals surface area contributed by atoms with Gasteiger partial charge in [-0.05, 0) is 6.92 Å². The van der Waals surface area contributed by atoms with E-state index in [9.17, 15) is 4.79 Å². The molecule has 0 aromatic carbocycles. The van der Waals surface area contributed by atoms with Gasteiger partial charge in [-0.3, -0.25) is 0 Å². The van der Waals surface area contributed by atoms with Gasteiger partial charge in [0.2, 0.25) is 0 Å². The zero-order chi connectivity index (χ0) is 9.03. The van der Waals surface area contributed by atoms with Gasteiger partial charge in [-0.2, -0.15) is 0 Å². The maximum atomic E-state index is 10.7. The second-order valence-electron chi connectivity index (χ2n) is 2.62. The Morgan fingerprint density at radius 1 is 1.75 bits per heavy atom. The van der Waals surface area contributed by atoms with E-state index in [0.29, 0.717) is 19.8 Å². The van der Waals surface area contributed by atoms with Crippen molar-refractivity contribution in [2.75, 3.05) is 19.8 Å². The van der Waals surface area contributed by atoms with Crippen molar-refractivity contribution in [1.82, 2.24) is 0 Å². The molecule has 1 aliphatic heterocycles. The maximum Gasteiger partial charge on any atom is 0.384 e. The standard InChI is InChI=1S/C8H11NO3/c1-2-12-7(10)3-4-8(9)5-11-6-8/h2,5-6,9H2,1H3. The molecule has 0 amide bonds. The van der Waals surface area contributed by atoms with Gasteiger partial charge in [0.1, 0.15) is 5.54 Å². The zero-order valence-electron chi connectivity index (χ0n) is 6.92. The number of hydrogen-bond acceptors (Lipinski definition) is 4. The van der Waals surface area contributed by atoms with Crippen LogP contribution in [0.3, 0.4) is 0 Å². The second kappa shape index (κ2) is 3.57. The molecule has 0 unspecified atom stereocenters. The van der Waals surface area contributed by atoms with Crippen LogP contribution in [0.2, 0.25) is 0 Å². The molecule has 12 heavy (non-hydrogen) atoms. The van der Waals surface area contributed by atoms with Crippen LogP contribution in [0.5, 0.6) is 0 Å². The molecule has 66 valence electrons. The Balaban J connectivity index is 2.41. The third-order valence-corrected chi connectivity index (χ3v) is 1.41. The molecule has 2 N–H and O–H groups in total. The molecule has 0 radical (unpaired) electrons. The summed E-state index contributed by atoms with van der Waals surface area (Å²) in [5.74, 6) is 4.39. The lowest BCUT2D eigenvalue weighted by Crippen LogP contribution is -2.56. The van der Waals surface area contributed by atoms with Gasteiger partial charge < -0.3 is 15.2 Å². The molecule has 1 saturated heterocycles. The van der Waals surface area contributed by atoms with Crippen LogP contribution >= 0.6 is 0 Å². The van der Waals surface area contributed by atoms with Crippen molar-refractivity contribution in [3.63, 3.8) is 0 Å². The van der Waals surface area contributed by atoms with Crippen LogP contribution in [0.4, 0.5) is 0 Å². The number of rotatable bonds is 1. The summed E-state index contributed by atoms with van der Waals surface area (Å²) in [6, 6.07) is 0. The molecule has 1 rings (SSSR count). The first-order valence-electron chi connectivity index (χ1n) is 3.73. The van der Waals surface area contributed by atoms with Crippen LogP contribution < -0.4 is 5.73 Å².